The third-order valence-corrected chi connectivity index (χ3v) is 1.73. The van der Waals surface area contributed by atoms with Crippen molar-refractivity contribution in [3.63, 3.8) is 0 Å². The van der Waals surface area contributed by atoms with Gasteiger partial charge in [0.25, 0.3) is 0 Å². The van der Waals surface area contributed by atoms with Crippen molar-refractivity contribution in [3.05, 3.63) is 36.1 Å². The van der Waals surface area contributed by atoms with Gasteiger partial charge in [-0.15, -0.1) is 0 Å². The molecule has 0 unspecified atom stereocenters. The molecule has 1 aromatic rings. The predicted molar refractivity (Wildman–Crippen MR) is 48.4 cm³/mol. The number of hydrogen-bond acceptors (Lipinski definition) is 2. The molecule has 64 valence electrons. The molecule has 0 radical (unpaired) electrons. The van der Waals surface area contributed by atoms with Crippen LogP contribution in [0.2, 0.25) is 0 Å². The maximum absolute atomic E-state index is 9.54. The summed E-state index contributed by atoms with van der Waals surface area (Å²) in [5.74, 6) is 0.680. The second kappa shape index (κ2) is 3.30. The van der Waals surface area contributed by atoms with Crippen molar-refractivity contribution in [2.75, 3.05) is 0 Å². The third-order valence-electron chi connectivity index (χ3n) is 1.73. The lowest BCUT2D eigenvalue weighted by atomic mass is 10.1. The number of rotatable bonds is 2. The highest BCUT2D eigenvalue weighted by molar-refractivity contribution is 5.50. The number of phenolic OH excluding ortho intramolecular Hbond substituents is 1. The van der Waals surface area contributed by atoms with Gasteiger partial charge in [0.05, 0.1) is 6.26 Å². The highest BCUT2D eigenvalue weighted by Crippen LogP contribution is 2.32. The summed E-state index contributed by atoms with van der Waals surface area (Å²) in [4.78, 5) is 0. The molecule has 1 rings (SSSR count). The predicted octanol–water partition coefficient (Wildman–Crippen LogP) is 2.53. The van der Waals surface area contributed by atoms with E-state index in [0.29, 0.717) is 5.75 Å². The van der Waals surface area contributed by atoms with Crippen molar-refractivity contribution < 1.29 is 9.84 Å². The van der Waals surface area contributed by atoms with Gasteiger partial charge in [0, 0.05) is 0 Å². The molecule has 0 bridgehead atoms. The van der Waals surface area contributed by atoms with Crippen LogP contribution in [0.1, 0.15) is 11.1 Å². The van der Waals surface area contributed by atoms with Gasteiger partial charge in [-0.25, -0.2) is 0 Å². The Bertz CT molecular complexity index is 303. The molecule has 0 aliphatic rings. The van der Waals surface area contributed by atoms with E-state index in [0.717, 1.165) is 11.1 Å². The lowest BCUT2D eigenvalue weighted by molar-refractivity contribution is 0.406. The van der Waals surface area contributed by atoms with E-state index in [-0.39, 0.29) is 5.75 Å². The summed E-state index contributed by atoms with van der Waals surface area (Å²) in [7, 11) is 0. The molecule has 2 nitrogen and oxygen atoms in total. The van der Waals surface area contributed by atoms with Gasteiger partial charge in [-0.3, -0.25) is 0 Å². The molecule has 12 heavy (non-hydrogen) atoms. The Hall–Kier alpha value is -1.44. The smallest absolute Gasteiger partial charge is 0.171 e. The highest BCUT2D eigenvalue weighted by Gasteiger charge is 2.07. The molecule has 0 fully saturated rings. The molecular weight excluding hydrogens is 152 g/mol. The molecule has 1 N–H and O–H groups in total. The summed E-state index contributed by atoms with van der Waals surface area (Å²) >= 11 is 0. The number of hydrogen-bond donors (Lipinski definition) is 1. The van der Waals surface area contributed by atoms with E-state index in [4.69, 9.17) is 4.74 Å². The number of benzene rings is 1. The van der Waals surface area contributed by atoms with Crippen molar-refractivity contribution in [2.24, 2.45) is 0 Å². The highest BCUT2D eigenvalue weighted by atomic mass is 16.5. The molecular formula is C10H12O2. The van der Waals surface area contributed by atoms with Gasteiger partial charge in [-0.2, -0.15) is 0 Å². The number of ether oxygens (including phenoxy) is 1. The van der Waals surface area contributed by atoms with Gasteiger partial charge >= 0.3 is 0 Å². The summed E-state index contributed by atoms with van der Waals surface area (Å²) in [6.07, 6.45) is 1.31. The zero-order chi connectivity index (χ0) is 9.14. The Morgan fingerprint density at radius 1 is 1.33 bits per heavy atom. The molecule has 0 aromatic heterocycles. The molecule has 0 amide bonds. The van der Waals surface area contributed by atoms with E-state index in [1.54, 1.807) is 0 Å². The SMILES string of the molecule is C=COc1c(C)ccc(C)c1O. The lowest BCUT2D eigenvalue weighted by Crippen LogP contribution is -1.87. The summed E-state index contributed by atoms with van der Waals surface area (Å²) < 4.78 is 5.06. The lowest BCUT2D eigenvalue weighted by Gasteiger charge is -2.08. The Morgan fingerprint density at radius 3 is 2.50 bits per heavy atom. The Morgan fingerprint density at radius 2 is 1.92 bits per heavy atom. The number of aromatic hydroxyl groups is 1. The average Bonchev–Trinajstić information content (AvgIpc) is 2.06. The minimum atomic E-state index is 0.190. The van der Waals surface area contributed by atoms with Crippen LogP contribution in [-0.4, -0.2) is 5.11 Å². The summed E-state index contributed by atoms with van der Waals surface area (Å²) in [5, 5.41) is 9.54. The Labute approximate surface area is 72.1 Å². The van der Waals surface area contributed by atoms with Gasteiger partial charge in [-0.1, -0.05) is 18.7 Å². The van der Waals surface area contributed by atoms with Gasteiger partial charge in [0.15, 0.2) is 11.5 Å². The summed E-state index contributed by atoms with van der Waals surface area (Å²) in [6.45, 7) is 7.13. The quantitative estimate of drug-likeness (QED) is 0.680. The van der Waals surface area contributed by atoms with Crippen molar-refractivity contribution in [2.45, 2.75) is 13.8 Å². The van der Waals surface area contributed by atoms with Crippen LogP contribution in [0, 0.1) is 13.8 Å². The molecule has 0 spiro atoms. The topological polar surface area (TPSA) is 29.5 Å². The van der Waals surface area contributed by atoms with Crippen molar-refractivity contribution >= 4 is 0 Å². The minimum absolute atomic E-state index is 0.190. The second-order valence-electron chi connectivity index (χ2n) is 2.66. The Balaban J connectivity index is 3.22. The first-order chi connectivity index (χ1) is 5.66. The van der Waals surface area contributed by atoms with E-state index in [9.17, 15) is 5.11 Å². The van der Waals surface area contributed by atoms with E-state index in [1.165, 1.54) is 6.26 Å². The maximum Gasteiger partial charge on any atom is 0.171 e. The van der Waals surface area contributed by atoms with Crippen LogP contribution >= 0.6 is 0 Å². The van der Waals surface area contributed by atoms with Crippen LogP contribution in [0.4, 0.5) is 0 Å². The van der Waals surface area contributed by atoms with Gasteiger partial charge in [0.1, 0.15) is 0 Å². The van der Waals surface area contributed by atoms with Crippen LogP contribution in [0.15, 0.2) is 25.0 Å². The van der Waals surface area contributed by atoms with Gasteiger partial charge in [-0.05, 0) is 25.0 Å². The second-order valence-corrected chi connectivity index (χ2v) is 2.66. The summed E-state index contributed by atoms with van der Waals surface area (Å²) in [5.41, 5.74) is 1.70. The fourth-order valence-electron chi connectivity index (χ4n) is 1.00. The van der Waals surface area contributed by atoms with Crippen LogP contribution in [0.25, 0.3) is 0 Å². The molecule has 0 saturated heterocycles. The van der Waals surface area contributed by atoms with Gasteiger partial charge < -0.3 is 9.84 Å². The maximum atomic E-state index is 9.54. The molecule has 2 heteroatoms. The van der Waals surface area contributed by atoms with E-state index < -0.39 is 0 Å². The van der Waals surface area contributed by atoms with Gasteiger partial charge in [0.2, 0.25) is 0 Å². The molecule has 0 atom stereocenters. The number of aryl methyl sites for hydroxylation is 2. The Kier molecular flexibility index (Phi) is 2.38. The first-order valence-electron chi connectivity index (χ1n) is 3.73. The fourth-order valence-corrected chi connectivity index (χ4v) is 1.00. The van der Waals surface area contributed by atoms with Crippen LogP contribution in [-0.2, 0) is 0 Å². The average molecular weight is 164 g/mol. The number of phenols is 1. The summed E-state index contributed by atoms with van der Waals surface area (Å²) in [6, 6.07) is 3.74. The third kappa shape index (κ3) is 1.42. The molecule has 0 aliphatic carbocycles. The zero-order valence-corrected chi connectivity index (χ0v) is 7.29. The largest absolute Gasteiger partial charge is 0.504 e. The van der Waals surface area contributed by atoms with E-state index >= 15 is 0 Å². The molecule has 0 heterocycles. The first kappa shape index (κ1) is 8.65. The molecule has 0 saturated carbocycles. The molecule has 0 aliphatic heterocycles. The van der Waals surface area contributed by atoms with E-state index in [1.807, 2.05) is 26.0 Å². The minimum Gasteiger partial charge on any atom is -0.504 e. The normalized spacial score (nSPS) is 9.50. The fraction of sp³-hybridized carbons (Fsp3) is 0.200. The van der Waals surface area contributed by atoms with E-state index in [2.05, 4.69) is 6.58 Å². The molecule has 1 aromatic carbocycles. The standard InChI is InChI=1S/C10H12O2/c1-4-12-10-8(3)6-5-7(2)9(10)11/h4-6,11H,1H2,2-3H3. The van der Waals surface area contributed by atoms with Crippen LogP contribution < -0.4 is 4.74 Å². The van der Waals surface area contributed by atoms with Crippen molar-refractivity contribution in [1.29, 1.82) is 0 Å². The van der Waals surface area contributed by atoms with Crippen LogP contribution in [0.3, 0.4) is 0 Å². The van der Waals surface area contributed by atoms with Crippen LogP contribution in [0.5, 0.6) is 11.5 Å². The first-order valence-corrected chi connectivity index (χ1v) is 3.73. The monoisotopic (exact) mass is 164 g/mol. The zero-order valence-electron chi connectivity index (χ0n) is 7.29. The van der Waals surface area contributed by atoms with Crippen molar-refractivity contribution in [1.82, 2.24) is 0 Å². The van der Waals surface area contributed by atoms with Crippen molar-refractivity contribution in [3.8, 4) is 11.5 Å².